The fourth-order valence-electron chi connectivity index (χ4n) is 1.26. The number of aryl methyl sites for hydroxylation is 1. The molecule has 1 heterocycles. The zero-order chi connectivity index (χ0) is 13.2. The molecule has 7 heteroatoms. The predicted octanol–water partition coefficient (Wildman–Crippen LogP) is -0.673. The lowest BCUT2D eigenvalue weighted by Crippen LogP contribution is -2.39. The van der Waals surface area contributed by atoms with Crippen LogP contribution in [-0.2, 0) is 11.8 Å². The Bertz CT molecular complexity index is 478. The summed E-state index contributed by atoms with van der Waals surface area (Å²) in [5, 5.41) is 10.9. The van der Waals surface area contributed by atoms with Gasteiger partial charge in [0.05, 0.1) is 5.56 Å². The molecule has 1 aromatic heterocycles. The number of carboxylic acids is 1. The van der Waals surface area contributed by atoms with Crippen molar-refractivity contribution in [2.75, 3.05) is 0 Å². The predicted molar refractivity (Wildman–Crippen MR) is 58.5 cm³/mol. The van der Waals surface area contributed by atoms with E-state index in [-0.39, 0.29) is 11.3 Å². The van der Waals surface area contributed by atoms with E-state index in [0.29, 0.717) is 0 Å². The Morgan fingerprint density at radius 2 is 2.06 bits per heavy atom. The first-order valence-electron chi connectivity index (χ1n) is 4.82. The van der Waals surface area contributed by atoms with Crippen LogP contribution in [0.1, 0.15) is 27.8 Å². The summed E-state index contributed by atoms with van der Waals surface area (Å²) < 4.78 is 1.41. The van der Waals surface area contributed by atoms with Gasteiger partial charge in [-0.2, -0.15) is 0 Å². The quantitative estimate of drug-likeness (QED) is 0.646. The van der Waals surface area contributed by atoms with Gasteiger partial charge in [-0.25, -0.2) is 0 Å². The second kappa shape index (κ2) is 4.69. The molecule has 0 aliphatic heterocycles. The van der Waals surface area contributed by atoms with Crippen molar-refractivity contribution in [2.45, 2.75) is 13.0 Å². The summed E-state index contributed by atoms with van der Waals surface area (Å²) in [5.74, 6) is -2.36. The van der Waals surface area contributed by atoms with E-state index in [9.17, 15) is 14.4 Å². The number of hydrogen-bond acceptors (Lipinski definition) is 3. The lowest BCUT2D eigenvalue weighted by atomic mass is 10.2. The maximum absolute atomic E-state index is 11.7. The van der Waals surface area contributed by atoms with Crippen molar-refractivity contribution in [3.8, 4) is 0 Å². The zero-order valence-corrected chi connectivity index (χ0v) is 9.43. The summed E-state index contributed by atoms with van der Waals surface area (Å²) in [5.41, 5.74) is 5.44. The summed E-state index contributed by atoms with van der Waals surface area (Å²) in [7, 11) is 1.56. The number of aliphatic carboxylic acids is 1. The SMILES string of the molecule is CC(NC(=O)c1cc(C(N)=O)cn1C)C(=O)O. The Morgan fingerprint density at radius 3 is 2.47 bits per heavy atom. The minimum atomic E-state index is -1.14. The van der Waals surface area contributed by atoms with Crippen molar-refractivity contribution in [2.24, 2.45) is 12.8 Å². The van der Waals surface area contributed by atoms with E-state index in [1.165, 1.54) is 23.8 Å². The molecule has 2 amide bonds. The number of rotatable bonds is 4. The van der Waals surface area contributed by atoms with E-state index in [1.54, 1.807) is 7.05 Å². The van der Waals surface area contributed by atoms with Gasteiger partial charge in [-0.1, -0.05) is 0 Å². The van der Waals surface area contributed by atoms with Crippen LogP contribution in [0.4, 0.5) is 0 Å². The molecule has 1 aromatic rings. The lowest BCUT2D eigenvalue weighted by Gasteiger charge is -2.09. The molecule has 7 nitrogen and oxygen atoms in total. The number of primary amides is 1. The normalized spacial score (nSPS) is 11.9. The zero-order valence-electron chi connectivity index (χ0n) is 9.43. The van der Waals surface area contributed by atoms with Crippen molar-refractivity contribution in [1.82, 2.24) is 9.88 Å². The molecule has 0 aromatic carbocycles. The highest BCUT2D eigenvalue weighted by Crippen LogP contribution is 2.06. The van der Waals surface area contributed by atoms with Crippen molar-refractivity contribution < 1.29 is 19.5 Å². The van der Waals surface area contributed by atoms with Crippen LogP contribution >= 0.6 is 0 Å². The summed E-state index contributed by atoms with van der Waals surface area (Å²) in [6.45, 7) is 1.35. The molecule has 0 spiro atoms. The maximum atomic E-state index is 11.7. The third-order valence-electron chi connectivity index (χ3n) is 2.24. The number of aromatic nitrogens is 1. The molecular weight excluding hydrogens is 226 g/mol. The highest BCUT2D eigenvalue weighted by atomic mass is 16.4. The Labute approximate surface area is 97.2 Å². The smallest absolute Gasteiger partial charge is 0.325 e. The molecule has 1 atom stereocenters. The molecule has 92 valence electrons. The van der Waals surface area contributed by atoms with E-state index >= 15 is 0 Å². The van der Waals surface area contributed by atoms with Gasteiger partial charge in [0.15, 0.2) is 0 Å². The molecule has 0 saturated heterocycles. The van der Waals surface area contributed by atoms with E-state index in [4.69, 9.17) is 10.8 Å². The van der Waals surface area contributed by atoms with Gasteiger partial charge in [-0.3, -0.25) is 14.4 Å². The fourth-order valence-corrected chi connectivity index (χ4v) is 1.26. The summed E-state index contributed by atoms with van der Waals surface area (Å²) in [4.78, 5) is 33.1. The molecular formula is C10H13N3O4. The average Bonchev–Trinajstić information content (AvgIpc) is 2.60. The summed E-state index contributed by atoms with van der Waals surface area (Å²) in [6.07, 6.45) is 1.41. The minimum absolute atomic E-state index is 0.173. The molecule has 0 fully saturated rings. The van der Waals surface area contributed by atoms with Crippen LogP contribution in [0.15, 0.2) is 12.3 Å². The van der Waals surface area contributed by atoms with Gasteiger partial charge in [0.2, 0.25) is 5.91 Å². The standard InChI is InChI=1S/C10H13N3O4/c1-5(10(16)17)12-9(15)7-3-6(8(11)14)4-13(7)2/h3-5H,1-2H3,(H2,11,14)(H,12,15)(H,16,17). The van der Waals surface area contributed by atoms with E-state index in [0.717, 1.165) is 0 Å². The average molecular weight is 239 g/mol. The molecule has 0 radical (unpaired) electrons. The number of hydrogen-bond donors (Lipinski definition) is 3. The lowest BCUT2D eigenvalue weighted by molar-refractivity contribution is -0.138. The van der Waals surface area contributed by atoms with Crippen LogP contribution < -0.4 is 11.1 Å². The fraction of sp³-hybridized carbons (Fsp3) is 0.300. The first-order chi connectivity index (χ1) is 7.82. The Hall–Kier alpha value is -2.31. The molecule has 4 N–H and O–H groups in total. The van der Waals surface area contributed by atoms with Crippen molar-refractivity contribution in [1.29, 1.82) is 0 Å². The molecule has 1 rings (SSSR count). The largest absolute Gasteiger partial charge is 0.480 e. The number of carbonyl (C=O) groups is 3. The third kappa shape index (κ3) is 2.83. The number of nitrogens with two attached hydrogens (primary N) is 1. The number of nitrogens with one attached hydrogen (secondary N) is 1. The number of nitrogens with zero attached hydrogens (tertiary/aromatic N) is 1. The molecule has 0 saturated carbocycles. The van der Waals surface area contributed by atoms with Gasteiger partial charge in [-0.05, 0) is 13.0 Å². The first kappa shape index (κ1) is 12.8. The van der Waals surface area contributed by atoms with Gasteiger partial charge in [-0.15, -0.1) is 0 Å². The monoisotopic (exact) mass is 239 g/mol. The number of carbonyl (C=O) groups excluding carboxylic acids is 2. The molecule has 0 aliphatic rings. The van der Waals surface area contributed by atoms with Crippen LogP contribution in [0.25, 0.3) is 0 Å². The highest BCUT2D eigenvalue weighted by Gasteiger charge is 2.18. The van der Waals surface area contributed by atoms with Gasteiger partial charge < -0.3 is 20.7 Å². The van der Waals surface area contributed by atoms with Gasteiger partial charge in [0.1, 0.15) is 11.7 Å². The first-order valence-corrected chi connectivity index (χ1v) is 4.82. The van der Waals surface area contributed by atoms with Crippen LogP contribution in [0.5, 0.6) is 0 Å². The molecule has 0 bridgehead atoms. The minimum Gasteiger partial charge on any atom is -0.480 e. The summed E-state index contributed by atoms with van der Waals surface area (Å²) in [6, 6.07) is 0.307. The van der Waals surface area contributed by atoms with E-state index < -0.39 is 23.8 Å². The Morgan fingerprint density at radius 1 is 1.47 bits per heavy atom. The highest BCUT2D eigenvalue weighted by molar-refractivity contribution is 5.99. The van der Waals surface area contributed by atoms with Gasteiger partial charge in [0.25, 0.3) is 5.91 Å². The number of carboxylic acid groups (broad SMARTS) is 1. The van der Waals surface area contributed by atoms with Crippen LogP contribution in [0.3, 0.4) is 0 Å². The van der Waals surface area contributed by atoms with Crippen LogP contribution in [0, 0.1) is 0 Å². The third-order valence-corrected chi connectivity index (χ3v) is 2.24. The topological polar surface area (TPSA) is 114 Å². The van der Waals surface area contributed by atoms with E-state index in [2.05, 4.69) is 5.32 Å². The van der Waals surface area contributed by atoms with Crippen molar-refractivity contribution in [3.63, 3.8) is 0 Å². The van der Waals surface area contributed by atoms with Gasteiger partial charge >= 0.3 is 5.97 Å². The van der Waals surface area contributed by atoms with Crippen molar-refractivity contribution >= 4 is 17.8 Å². The van der Waals surface area contributed by atoms with Crippen LogP contribution in [0.2, 0.25) is 0 Å². The van der Waals surface area contributed by atoms with Gasteiger partial charge in [0, 0.05) is 13.2 Å². The maximum Gasteiger partial charge on any atom is 0.325 e. The van der Waals surface area contributed by atoms with E-state index in [1.807, 2.05) is 0 Å². The second-order valence-electron chi connectivity index (χ2n) is 3.62. The van der Waals surface area contributed by atoms with Crippen LogP contribution in [-0.4, -0.2) is 33.5 Å². The molecule has 17 heavy (non-hydrogen) atoms. The van der Waals surface area contributed by atoms with Crippen molar-refractivity contribution in [3.05, 3.63) is 23.5 Å². The second-order valence-corrected chi connectivity index (χ2v) is 3.62. The molecule has 1 unspecified atom stereocenters. The molecule has 0 aliphatic carbocycles. The Kier molecular flexibility index (Phi) is 3.52. The number of amides is 2. The Balaban J connectivity index is 2.89. The summed E-state index contributed by atoms with van der Waals surface area (Å²) >= 11 is 0.